The molecule has 0 N–H and O–H groups in total. The molecule has 0 unspecified atom stereocenters. The molecule has 3 nitrogen and oxygen atoms in total. The van der Waals surface area contributed by atoms with Crippen LogP contribution in [0.15, 0.2) is 18.3 Å². The van der Waals surface area contributed by atoms with Crippen LogP contribution in [-0.2, 0) is 6.42 Å². The van der Waals surface area contributed by atoms with Crippen molar-refractivity contribution in [2.24, 2.45) is 0 Å². The molecule has 0 radical (unpaired) electrons. The van der Waals surface area contributed by atoms with Crippen molar-refractivity contribution in [1.29, 1.82) is 0 Å². The van der Waals surface area contributed by atoms with Crippen LogP contribution in [0.4, 0.5) is 0 Å². The lowest BCUT2D eigenvalue weighted by molar-refractivity contribution is 0.111. The van der Waals surface area contributed by atoms with Crippen molar-refractivity contribution >= 4 is 11.9 Å². The Labute approximate surface area is 82.4 Å². The van der Waals surface area contributed by atoms with Gasteiger partial charge in [-0.25, -0.2) is 4.98 Å². The summed E-state index contributed by atoms with van der Waals surface area (Å²) in [7, 11) is 0. The average molecular weight is 188 g/mol. The highest BCUT2D eigenvalue weighted by molar-refractivity contribution is 5.76. The van der Waals surface area contributed by atoms with Crippen LogP contribution >= 0.6 is 0 Å². The number of aryl methyl sites for hydroxylation is 2. The van der Waals surface area contributed by atoms with E-state index in [1.54, 1.807) is 0 Å². The normalized spacial score (nSPS) is 10.7. The van der Waals surface area contributed by atoms with Crippen LogP contribution in [0.25, 0.3) is 5.65 Å². The first-order valence-corrected chi connectivity index (χ1v) is 4.69. The second-order valence-corrected chi connectivity index (χ2v) is 3.28. The van der Waals surface area contributed by atoms with E-state index in [0.29, 0.717) is 5.69 Å². The van der Waals surface area contributed by atoms with Gasteiger partial charge in [-0.15, -0.1) is 0 Å². The number of hydrogen-bond donors (Lipinski definition) is 0. The molecule has 0 atom stereocenters. The van der Waals surface area contributed by atoms with Crippen molar-refractivity contribution in [3.63, 3.8) is 0 Å². The molecule has 3 heteroatoms. The zero-order valence-electron chi connectivity index (χ0n) is 8.32. The smallest absolute Gasteiger partial charge is 0.168 e. The highest BCUT2D eigenvalue weighted by Gasteiger charge is 2.09. The molecular formula is C11H12N2O. The minimum absolute atomic E-state index is 0.648. The Kier molecular flexibility index (Phi) is 2.08. The largest absolute Gasteiger partial charge is 0.297 e. The summed E-state index contributed by atoms with van der Waals surface area (Å²) in [4.78, 5) is 15.2. The van der Waals surface area contributed by atoms with E-state index in [4.69, 9.17) is 0 Å². The highest BCUT2D eigenvalue weighted by atomic mass is 16.1. The summed E-state index contributed by atoms with van der Waals surface area (Å²) in [5, 5.41) is 0. The number of pyridine rings is 1. The van der Waals surface area contributed by atoms with E-state index in [2.05, 4.69) is 11.9 Å². The first-order chi connectivity index (χ1) is 6.77. The summed E-state index contributed by atoms with van der Waals surface area (Å²) in [6.07, 6.45) is 3.66. The molecular weight excluding hydrogens is 176 g/mol. The second-order valence-electron chi connectivity index (χ2n) is 3.28. The van der Waals surface area contributed by atoms with Crippen molar-refractivity contribution in [1.82, 2.24) is 9.38 Å². The summed E-state index contributed by atoms with van der Waals surface area (Å²) in [6, 6.07) is 3.98. The van der Waals surface area contributed by atoms with Gasteiger partial charge in [-0.2, -0.15) is 0 Å². The van der Waals surface area contributed by atoms with Crippen LogP contribution in [0.3, 0.4) is 0 Å². The molecule has 0 aliphatic carbocycles. The fraction of sp³-hybridized carbons (Fsp3) is 0.273. The summed E-state index contributed by atoms with van der Waals surface area (Å²) < 4.78 is 1.85. The van der Waals surface area contributed by atoms with Crippen LogP contribution in [0.2, 0.25) is 0 Å². The van der Waals surface area contributed by atoms with Gasteiger partial charge in [0, 0.05) is 6.20 Å². The lowest BCUT2D eigenvalue weighted by Gasteiger charge is -1.99. The SMILES string of the molecule is CCc1cccn2c(C=O)c(C)nc12. The van der Waals surface area contributed by atoms with Gasteiger partial charge < -0.3 is 0 Å². The highest BCUT2D eigenvalue weighted by Crippen LogP contribution is 2.14. The molecule has 0 aliphatic heterocycles. The topological polar surface area (TPSA) is 34.4 Å². The summed E-state index contributed by atoms with van der Waals surface area (Å²) in [5.74, 6) is 0. The summed E-state index contributed by atoms with van der Waals surface area (Å²) >= 11 is 0. The number of carbonyl (C=O) groups is 1. The van der Waals surface area contributed by atoms with E-state index in [-0.39, 0.29) is 0 Å². The zero-order chi connectivity index (χ0) is 10.1. The van der Waals surface area contributed by atoms with Crippen LogP contribution in [0.1, 0.15) is 28.7 Å². The number of aromatic nitrogens is 2. The van der Waals surface area contributed by atoms with Crippen LogP contribution in [-0.4, -0.2) is 15.7 Å². The van der Waals surface area contributed by atoms with Crippen molar-refractivity contribution < 1.29 is 4.79 Å². The van der Waals surface area contributed by atoms with Gasteiger partial charge in [0.25, 0.3) is 0 Å². The third kappa shape index (κ3) is 1.13. The van der Waals surface area contributed by atoms with Crippen LogP contribution in [0, 0.1) is 6.92 Å². The Morgan fingerprint density at radius 3 is 3.00 bits per heavy atom. The number of fused-ring (bicyclic) bond motifs is 1. The van der Waals surface area contributed by atoms with Crippen molar-refractivity contribution in [3.8, 4) is 0 Å². The van der Waals surface area contributed by atoms with Gasteiger partial charge in [-0.1, -0.05) is 13.0 Å². The van der Waals surface area contributed by atoms with Crippen LogP contribution in [0.5, 0.6) is 0 Å². The zero-order valence-corrected chi connectivity index (χ0v) is 8.32. The maximum absolute atomic E-state index is 10.8. The Morgan fingerprint density at radius 1 is 1.57 bits per heavy atom. The second kappa shape index (κ2) is 3.25. The third-order valence-electron chi connectivity index (χ3n) is 2.44. The molecule has 0 saturated heterocycles. The molecule has 0 fully saturated rings. The van der Waals surface area contributed by atoms with E-state index in [1.807, 2.05) is 29.7 Å². The van der Waals surface area contributed by atoms with E-state index in [0.717, 1.165) is 24.0 Å². The summed E-state index contributed by atoms with van der Waals surface area (Å²) in [6.45, 7) is 3.94. The molecule has 0 bridgehead atoms. The van der Waals surface area contributed by atoms with Gasteiger partial charge in [0.05, 0.1) is 5.69 Å². The molecule has 0 aromatic carbocycles. The molecule has 14 heavy (non-hydrogen) atoms. The monoisotopic (exact) mass is 188 g/mol. The van der Waals surface area contributed by atoms with E-state index in [1.165, 1.54) is 5.56 Å². The molecule has 0 amide bonds. The number of carbonyl (C=O) groups excluding carboxylic acids is 1. The van der Waals surface area contributed by atoms with Gasteiger partial charge in [0.15, 0.2) is 6.29 Å². The van der Waals surface area contributed by atoms with Gasteiger partial charge in [0.2, 0.25) is 0 Å². The van der Waals surface area contributed by atoms with Gasteiger partial charge in [-0.3, -0.25) is 9.20 Å². The first-order valence-electron chi connectivity index (χ1n) is 4.69. The number of hydrogen-bond acceptors (Lipinski definition) is 2. The number of imidazole rings is 1. The van der Waals surface area contributed by atoms with Gasteiger partial charge in [-0.05, 0) is 25.0 Å². The third-order valence-corrected chi connectivity index (χ3v) is 2.44. The Morgan fingerprint density at radius 2 is 2.36 bits per heavy atom. The lowest BCUT2D eigenvalue weighted by Crippen LogP contribution is -1.93. The molecule has 72 valence electrons. The van der Waals surface area contributed by atoms with E-state index in [9.17, 15) is 4.79 Å². The molecule has 2 rings (SSSR count). The quantitative estimate of drug-likeness (QED) is 0.676. The van der Waals surface area contributed by atoms with Gasteiger partial charge in [0.1, 0.15) is 11.3 Å². The van der Waals surface area contributed by atoms with Gasteiger partial charge >= 0.3 is 0 Å². The Balaban J connectivity index is 2.85. The maximum atomic E-state index is 10.8. The van der Waals surface area contributed by atoms with Crippen molar-refractivity contribution in [3.05, 3.63) is 35.3 Å². The maximum Gasteiger partial charge on any atom is 0.168 e. The predicted molar refractivity (Wildman–Crippen MR) is 54.7 cm³/mol. The average Bonchev–Trinajstić information content (AvgIpc) is 2.52. The molecule has 0 aliphatic rings. The predicted octanol–water partition coefficient (Wildman–Crippen LogP) is 2.02. The lowest BCUT2D eigenvalue weighted by atomic mass is 10.2. The molecule has 2 aromatic heterocycles. The molecule has 2 aromatic rings. The number of rotatable bonds is 2. The minimum atomic E-state index is 0.648. The van der Waals surface area contributed by atoms with E-state index >= 15 is 0 Å². The Hall–Kier alpha value is -1.64. The van der Waals surface area contributed by atoms with Crippen molar-refractivity contribution in [2.75, 3.05) is 0 Å². The first kappa shape index (κ1) is 8.94. The minimum Gasteiger partial charge on any atom is -0.297 e. The molecule has 0 saturated carbocycles. The number of aldehydes is 1. The standard InChI is InChI=1S/C11H12N2O/c1-3-9-5-4-6-13-10(7-14)8(2)12-11(9)13/h4-7H,3H2,1-2H3. The molecule has 0 spiro atoms. The Bertz CT molecular complexity index is 485. The number of nitrogens with zero attached hydrogens (tertiary/aromatic N) is 2. The van der Waals surface area contributed by atoms with Crippen molar-refractivity contribution in [2.45, 2.75) is 20.3 Å². The van der Waals surface area contributed by atoms with E-state index < -0.39 is 0 Å². The fourth-order valence-electron chi connectivity index (χ4n) is 1.67. The fourth-order valence-corrected chi connectivity index (χ4v) is 1.67. The molecule has 2 heterocycles. The summed E-state index contributed by atoms with van der Waals surface area (Å²) in [5.41, 5.74) is 3.51. The van der Waals surface area contributed by atoms with Crippen LogP contribution < -0.4 is 0 Å².